The molecule has 31 heavy (non-hydrogen) atoms. The molecule has 0 aromatic heterocycles. The topological polar surface area (TPSA) is 9.23 Å². The third-order valence-electron chi connectivity index (χ3n) is 9.01. The predicted octanol–water partition coefficient (Wildman–Crippen LogP) is 7.79. The van der Waals surface area contributed by atoms with Crippen LogP contribution in [0.5, 0.6) is 0 Å². The highest BCUT2D eigenvalue weighted by Crippen LogP contribution is 2.61. The Labute approximate surface area is 192 Å². The van der Waals surface area contributed by atoms with Crippen LogP contribution in [0.25, 0.3) is 0 Å². The number of benzene rings is 1. The van der Waals surface area contributed by atoms with Crippen LogP contribution in [0.15, 0.2) is 58.0 Å². The largest absolute Gasteiger partial charge is 0.495 e. The van der Waals surface area contributed by atoms with E-state index in [1.807, 2.05) is 0 Å². The molecular weight excluding hydrogens is 396 g/mol. The first-order valence-electron chi connectivity index (χ1n) is 13.0. The Kier molecular flexibility index (Phi) is 5.49. The molecule has 5 saturated carbocycles. The maximum absolute atomic E-state index is 6.48. The van der Waals surface area contributed by atoms with Gasteiger partial charge in [-0.1, -0.05) is 25.1 Å². The lowest BCUT2D eigenvalue weighted by Gasteiger charge is -2.55. The normalized spacial score (nSPS) is 40.2. The van der Waals surface area contributed by atoms with E-state index >= 15 is 0 Å². The minimum Gasteiger partial charge on any atom is -0.495 e. The Balaban J connectivity index is 1.27. The van der Waals surface area contributed by atoms with Gasteiger partial charge in [-0.3, -0.25) is 0 Å². The molecule has 6 aliphatic rings. The van der Waals surface area contributed by atoms with Crippen molar-refractivity contribution in [3.63, 3.8) is 0 Å². The summed E-state index contributed by atoms with van der Waals surface area (Å²) in [5, 5.41) is 0. The van der Waals surface area contributed by atoms with Gasteiger partial charge in [-0.25, -0.2) is 0 Å². The molecule has 0 saturated heterocycles. The number of ether oxygens (including phenoxy) is 1. The van der Waals surface area contributed by atoms with E-state index in [1.165, 1.54) is 76.4 Å². The SMILES string of the molecule is CC1CCC(OC2=CC=C([S+](c3ccccc3)C34CC5CC(CC(C5)C3)C4)CC2)CC1. The fourth-order valence-electron chi connectivity index (χ4n) is 7.95. The van der Waals surface area contributed by atoms with Crippen molar-refractivity contribution in [1.29, 1.82) is 0 Å². The summed E-state index contributed by atoms with van der Waals surface area (Å²) in [6.45, 7) is 2.39. The van der Waals surface area contributed by atoms with Gasteiger partial charge in [-0.15, -0.1) is 0 Å². The quantitative estimate of drug-likeness (QED) is 0.429. The number of rotatable bonds is 5. The van der Waals surface area contributed by atoms with Crippen molar-refractivity contribution in [2.24, 2.45) is 23.7 Å². The molecule has 0 aliphatic heterocycles. The average Bonchev–Trinajstić information content (AvgIpc) is 2.76. The summed E-state index contributed by atoms with van der Waals surface area (Å²) in [4.78, 5) is 3.33. The standard InChI is InChI=1S/C29H39OS/c1-21-7-9-25(10-8-21)30-26-11-13-28(14-12-26)31(27-5-3-2-4-6-27)29-18-22-15-23(19-29)17-24(16-22)20-29/h2-6,11,13,21-25H,7-10,12,14-20H2,1H3/q+1. The second-order valence-electron chi connectivity index (χ2n) is 11.5. The highest BCUT2D eigenvalue weighted by molar-refractivity contribution is 8.01. The Morgan fingerprint density at radius 2 is 1.45 bits per heavy atom. The van der Waals surface area contributed by atoms with E-state index < -0.39 is 0 Å². The molecule has 0 N–H and O–H groups in total. The summed E-state index contributed by atoms with van der Waals surface area (Å²) in [5.41, 5.74) is 0. The first kappa shape index (κ1) is 20.5. The second-order valence-corrected chi connectivity index (χ2v) is 14.0. The molecule has 0 heterocycles. The highest BCUT2D eigenvalue weighted by Gasteiger charge is 2.61. The van der Waals surface area contributed by atoms with Gasteiger partial charge in [0.25, 0.3) is 0 Å². The fraction of sp³-hybridized carbons (Fsp3) is 0.655. The Hall–Kier alpha value is -1.15. The van der Waals surface area contributed by atoms with Crippen LogP contribution in [0, 0.1) is 23.7 Å². The lowest BCUT2D eigenvalue weighted by atomic mass is 9.56. The molecular formula is C29H39OS+. The van der Waals surface area contributed by atoms with Crippen LogP contribution in [0.4, 0.5) is 0 Å². The maximum atomic E-state index is 6.48. The van der Waals surface area contributed by atoms with Gasteiger partial charge in [0.2, 0.25) is 0 Å². The van der Waals surface area contributed by atoms with Gasteiger partial charge in [-0.05, 0) is 92.9 Å². The van der Waals surface area contributed by atoms with E-state index in [-0.39, 0.29) is 10.9 Å². The summed E-state index contributed by atoms with van der Waals surface area (Å²) in [7, 11) is 0.255. The maximum Gasteiger partial charge on any atom is 0.160 e. The summed E-state index contributed by atoms with van der Waals surface area (Å²) < 4.78 is 7.03. The van der Waals surface area contributed by atoms with Crippen molar-refractivity contribution in [2.75, 3.05) is 0 Å². The van der Waals surface area contributed by atoms with Gasteiger partial charge in [0.15, 0.2) is 4.90 Å². The first-order chi connectivity index (χ1) is 15.2. The number of hydrogen-bond acceptors (Lipinski definition) is 1. The molecule has 4 bridgehead atoms. The summed E-state index contributed by atoms with van der Waals surface area (Å²) in [5.74, 6) is 5.18. The van der Waals surface area contributed by atoms with Gasteiger partial charge in [-0.2, -0.15) is 0 Å². The molecule has 0 radical (unpaired) electrons. The van der Waals surface area contributed by atoms with Gasteiger partial charge < -0.3 is 4.74 Å². The molecule has 1 aromatic rings. The van der Waals surface area contributed by atoms with Crippen LogP contribution in [-0.2, 0) is 15.6 Å². The molecule has 1 aromatic carbocycles. The molecule has 1 nitrogen and oxygen atoms in total. The van der Waals surface area contributed by atoms with Crippen molar-refractivity contribution in [3.05, 3.63) is 53.1 Å². The Morgan fingerprint density at radius 3 is 2.03 bits per heavy atom. The third-order valence-corrected chi connectivity index (χ3v) is 12.0. The summed E-state index contributed by atoms with van der Waals surface area (Å²) in [6, 6.07) is 11.6. The number of hydrogen-bond donors (Lipinski definition) is 0. The van der Waals surface area contributed by atoms with Crippen LogP contribution < -0.4 is 0 Å². The zero-order valence-corrected chi connectivity index (χ0v) is 20.0. The van der Waals surface area contributed by atoms with Crippen molar-refractivity contribution in [3.8, 4) is 0 Å². The Bertz CT molecular complexity index is 809. The van der Waals surface area contributed by atoms with Crippen LogP contribution in [0.1, 0.15) is 84.0 Å². The lowest BCUT2D eigenvalue weighted by Crippen LogP contribution is -2.55. The van der Waals surface area contributed by atoms with E-state index in [9.17, 15) is 0 Å². The van der Waals surface area contributed by atoms with E-state index in [0.717, 1.165) is 30.1 Å². The molecule has 1 unspecified atom stereocenters. The zero-order chi connectivity index (χ0) is 20.8. The smallest absolute Gasteiger partial charge is 0.160 e. The third kappa shape index (κ3) is 4.03. The Morgan fingerprint density at radius 1 is 0.806 bits per heavy atom. The molecule has 0 spiro atoms. The van der Waals surface area contributed by atoms with Gasteiger partial charge in [0, 0.05) is 32.1 Å². The van der Waals surface area contributed by atoms with Crippen LogP contribution in [0.3, 0.4) is 0 Å². The minimum absolute atomic E-state index is 0.255. The van der Waals surface area contributed by atoms with Crippen LogP contribution in [0.2, 0.25) is 0 Å². The number of allylic oxidation sites excluding steroid dienone is 4. The van der Waals surface area contributed by atoms with E-state index in [4.69, 9.17) is 4.74 Å². The monoisotopic (exact) mass is 435 g/mol. The molecule has 1 atom stereocenters. The van der Waals surface area contributed by atoms with Gasteiger partial charge in [0.1, 0.15) is 9.65 Å². The molecule has 6 aliphatic carbocycles. The summed E-state index contributed by atoms with van der Waals surface area (Å²) in [6.07, 6.45) is 21.9. The molecule has 5 fully saturated rings. The van der Waals surface area contributed by atoms with Gasteiger partial charge >= 0.3 is 0 Å². The van der Waals surface area contributed by atoms with Crippen molar-refractivity contribution < 1.29 is 4.74 Å². The van der Waals surface area contributed by atoms with E-state index in [2.05, 4.69) is 49.4 Å². The minimum atomic E-state index is 0.255. The van der Waals surface area contributed by atoms with Crippen molar-refractivity contribution >= 4 is 10.9 Å². The van der Waals surface area contributed by atoms with Gasteiger partial charge in [0.05, 0.1) is 22.8 Å². The first-order valence-corrected chi connectivity index (χ1v) is 14.3. The fourth-order valence-corrected chi connectivity index (χ4v) is 11.5. The van der Waals surface area contributed by atoms with Crippen LogP contribution in [-0.4, -0.2) is 10.9 Å². The summed E-state index contributed by atoms with van der Waals surface area (Å²) >= 11 is 0. The average molecular weight is 436 g/mol. The predicted molar refractivity (Wildman–Crippen MR) is 131 cm³/mol. The van der Waals surface area contributed by atoms with Crippen LogP contribution >= 0.6 is 0 Å². The molecule has 7 rings (SSSR count). The molecule has 2 heteroatoms. The lowest BCUT2D eigenvalue weighted by molar-refractivity contribution is 0.0369. The highest BCUT2D eigenvalue weighted by atomic mass is 32.2. The second kappa shape index (κ2) is 8.32. The van der Waals surface area contributed by atoms with E-state index in [1.54, 1.807) is 9.80 Å². The zero-order valence-electron chi connectivity index (χ0n) is 19.2. The van der Waals surface area contributed by atoms with Crippen molar-refractivity contribution in [2.45, 2.75) is 99.7 Å². The molecule has 0 amide bonds. The molecule has 166 valence electrons. The van der Waals surface area contributed by atoms with Crippen molar-refractivity contribution in [1.82, 2.24) is 0 Å². The van der Waals surface area contributed by atoms with E-state index in [0.29, 0.717) is 10.9 Å².